The Morgan fingerprint density at radius 3 is 3.06 bits per heavy atom. The van der Waals surface area contributed by atoms with Crippen molar-refractivity contribution in [2.45, 2.75) is 11.3 Å². The molecule has 2 rings (SSSR count). The van der Waals surface area contributed by atoms with Crippen LogP contribution in [0.2, 0.25) is 5.15 Å². The first-order chi connectivity index (χ1) is 8.55. The molecule has 0 spiro atoms. The summed E-state index contributed by atoms with van der Waals surface area (Å²) in [6, 6.07) is 3.05. The molecule has 1 saturated heterocycles. The Bertz CT molecular complexity index is 521. The number of hydrogen-bond acceptors (Lipinski definition) is 4. The first kappa shape index (κ1) is 13.7. The van der Waals surface area contributed by atoms with Crippen molar-refractivity contribution in [3.05, 3.63) is 23.5 Å². The molecule has 7 heteroatoms. The minimum absolute atomic E-state index is 0.0210. The molecule has 5 nitrogen and oxygen atoms in total. The number of pyridine rings is 1. The molecule has 18 heavy (non-hydrogen) atoms. The lowest BCUT2D eigenvalue weighted by Gasteiger charge is -2.16. The molecule has 1 aromatic rings. The summed E-state index contributed by atoms with van der Waals surface area (Å²) in [7, 11) is -1.92. The minimum Gasteiger partial charge on any atom is -0.384 e. The highest BCUT2D eigenvalue weighted by Crippen LogP contribution is 2.27. The largest absolute Gasteiger partial charge is 0.384 e. The van der Waals surface area contributed by atoms with Gasteiger partial charge < -0.3 is 4.74 Å². The summed E-state index contributed by atoms with van der Waals surface area (Å²) in [6.07, 6.45) is 2.28. The van der Waals surface area contributed by atoms with E-state index in [1.54, 1.807) is 13.2 Å². The van der Waals surface area contributed by atoms with Crippen molar-refractivity contribution < 1.29 is 13.2 Å². The van der Waals surface area contributed by atoms with Crippen molar-refractivity contribution in [3.63, 3.8) is 0 Å². The van der Waals surface area contributed by atoms with Gasteiger partial charge in [0.05, 0.1) is 6.61 Å². The van der Waals surface area contributed by atoms with Gasteiger partial charge in [-0.15, -0.1) is 0 Å². The normalized spacial score (nSPS) is 21.3. The average Bonchev–Trinajstić information content (AvgIpc) is 2.79. The molecule has 1 aromatic heterocycles. The van der Waals surface area contributed by atoms with E-state index < -0.39 is 10.0 Å². The van der Waals surface area contributed by atoms with Gasteiger partial charge in [0, 0.05) is 26.4 Å². The van der Waals surface area contributed by atoms with E-state index in [0.717, 1.165) is 6.42 Å². The van der Waals surface area contributed by atoms with Gasteiger partial charge in [-0.25, -0.2) is 13.4 Å². The van der Waals surface area contributed by atoms with Crippen molar-refractivity contribution in [1.29, 1.82) is 0 Å². The van der Waals surface area contributed by atoms with Gasteiger partial charge >= 0.3 is 0 Å². The Morgan fingerprint density at radius 1 is 1.61 bits per heavy atom. The van der Waals surface area contributed by atoms with E-state index >= 15 is 0 Å². The molecule has 100 valence electrons. The Balaban J connectivity index is 2.21. The molecule has 1 atom stereocenters. The standard InChI is InChI=1S/C11H15ClN2O3S/c1-17-8-9-4-6-14(7-9)18(15,16)10-3-2-5-13-11(10)12/h2-3,5,9H,4,6-8H2,1H3. The van der Waals surface area contributed by atoms with E-state index in [2.05, 4.69) is 4.98 Å². The number of aromatic nitrogens is 1. The molecule has 0 aliphatic carbocycles. The van der Waals surface area contributed by atoms with Crippen molar-refractivity contribution in [2.24, 2.45) is 5.92 Å². The maximum absolute atomic E-state index is 12.4. The van der Waals surface area contributed by atoms with Crippen LogP contribution in [0.1, 0.15) is 6.42 Å². The Kier molecular flexibility index (Phi) is 4.21. The summed E-state index contributed by atoms with van der Waals surface area (Å²) in [5.41, 5.74) is 0. The van der Waals surface area contributed by atoms with Gasteiger partial charge in [0.1, 0.15) is 10.0 Å². The Labute approximate surface area is 112 Å². The third-order valence-electron chi connectivity index (χ3n) is 2.99. The van der Waals surface area contributed by atoms with Crippen LogP contribution in [0.15, 0.2) is 23.2 Å². The molecule has 0 bridgehead atoms. The summed E-state index contributed by atoms with van der Waals surface area (Å²) in [6.45, 7) is 1.55. The van der Waals surface area contributed by atoms with Gasteiger partial charge in [-0.1, -0.05) is 11.6 Å². The first-order valence-electron chi connectivity index (χ1n) is 5.65. The van der Waals surface area contributed by atoms with Crippen LogP contribution in [0.4, 0.5) is 0 Å². The van der Waals surface area contributed by atoms with Crippen molar-refractivity contribution in [1.82, 2.24) is 9.29 Å². The second-order valence-corrected chi connectivity index (χ2v) is 6.53. The Hall–Kier alpha value is -0.690. The number of nitrogens with zero attached hydrogens (tertiary/aromatic N) is 2. The van der Waals surface area contributed by atoms with Crippen molar-refractivity contribution >= 4 is 21.6 Å². The minimum atomic E-state index is -3.54. The number of ether oxygens (including phenoxy) is 1. The molecular weight excluding hydrogens is 276 g/mol. The van der Waals surface area contributed by atoms with E-state index in [1.807, 2.05) is 0 Å². The smallest absolute Gasteiger partial charge is 0.246 e. The summed E-state index contributed by atoms with van der Waals surface area (Å²) in [5.74, 6) is 0.250. The lowest BCUT2D eigenvalue weighted by atomic mass is 10.1. The van der Waals surface area contributed by atoms with Crippen LogP contribution in [0.5, 0.6) is 0 Å². The molecule has 1 aliphatic heterocycles. The third-order valence-corrected chi connectivity index (χ3v) is 5.30. The second-order valence-electron chi connectivity index (χ2n) is 4.27. The lowest BCUT2D eigenvalue weighted by molar-refractivity contribution is 0.157. The number of rotatable bonds is 4. The van der Waals surface area contributed by atoms with Crippen LogP contribution in [-0.2, 0) is 14.8 Å². The van der Waals surface area contributed by atoms with E-state index in [0.29, 0.717) is 19.7 Å². The summed E-state index contributed by atoms with van der Waals surface area (Å²) < 4.78 is 31.2. The molecule has 1 fully saturated rings. The summed E-state index contributed by atoms with van der Waals surface area (Å²) in [5, 5.41) is 0.0210. The molecule has 1 unspecified atom stereocenters. The van der Waals surface area contributed by atoms with Gasteiger partial charge in [0.2, 0.25) is 10.0 Å². The van der Waals surface area contributed by atoms with Crippen molar-refractivity contribution in [2.75, 3.05) is 26.8 Å². The number of methoxy groups -OCH3 is 1. The van der Waals surface area contributed by atoms with E-state index in [4.69, 9.17) is 16.3 Å². The fourth-order valence-corrected chi connectivity index (χ4v) is 4.05. The monoisotopic (exact) mass is 290 g/mol. The SMILES string of the molecule is COCC1CCN(S(=O)(=O)c2cccnc2Cl)C1. The zero-order chi connectivity index (χ0) is 13.2. The van der Waals surface area contributed by atoms with Crippen LogP contribution in [0.3, 0.4) is 0 Å². The van der Waals surface area contributed by atoms with Gasteiger partial charge in [0.15, 0.2) is 0 Å². The number of hydrogen-bond donors (Lipinski definition) is 0. The van der Waals surface area contributed by atoms with Gasteiger partial charge in [-0.3, -0.25) is 0 Å². The highest BCUT2D eigenvalue weighted by Gasteiger charge is 2.33. The quantitative estimate of drug-likeness (QED) is 0.786. The van der Waals surface area contributed by atoms with Crippen LogP contribution in [0.25, 0.3) is 0 Å². The molecule has 0 saturated carbocycles. The van der Waals surface area contributed by atoms with E-state index in [9.17, 15) is 8.42 Å². The lowest BCUT2D eigenvalue weighted by Crippen LogP contribution is -2.29. The zero-order valence-electron chi connectivity index (χ0n) is 10.0. The van der Waals surface area contributed by atoms with Crippen LogP contribution < -0.4 is 0 Å². The molecular formula is C11H15ClN2O3S. The van der Waals surface area contributed by atoms with Crippen LogP contribution in [0, 0.1) is 5.92 Å². The summed E-state index contributed by atoms with van der Waals surface area (Å²) >= 11 is 5.84. The number of sulfonamides is 1. The first-order valence-corrected chi connectivity index (χ1v) is 7.47. The predicted octanol–water partition coefficient (Wildman–Crippen LogP) is 1.39. The topological polar surface area (TPSA) is 59.5 Å². The molecule has 0 aromatic carbocycles. The van der Waals surface area contributed by atoms with Gasteiger partial charge in [-0.05, 0) is 24.5 Å². The molecule has 1 aliphatic rings. The fraction of sp³-hybridized carbons (Fsp3) is 0.545. The van der Waals surface area contributed by atoms with E-state index in [1.165, 1.54) is 16.6 Å². The molecule has 0 radical (unpaired) electrons. The van der Waals surface area contributed by atoms with Crippen molar-refractivity contribution in [3.8, 4) is 0 Å². The fourth-order valence-electron chi connectivity index (χ4n) is 2.09. The Morgan fingerprint density at radius 2 is 2.39 bits per heavy atom. The van der Waals surface area contributed by atoms with Gasteiger partial charge in [-0.2, -0.15) is 4.31 Å². The highest BCUT2D eigenvalue weighted by molar-refractivity contribution is 7.89. The van der Waals surface area contributed by atoms with E-state index in [-0.39, 0.29) is 16.0 Å². The molecule has 2 heterocycles. The van der Waals surface area contributed by atoms with Crippen LogP contribution >= 0.6 is 11.6 Å². The molecule has 0 N–H and O–H groups in total. The maximum Gasteiger partial charge on any atom is 0.246 e. The predicted molar refractivity (Wildman–Crippen MR) is 68.0 cm³/mol. The maximum atomic E-state index is 12.4. The zero-order valence-corrected chi connectivity index (χ0v) is 11.6. The number of halogens is 1. The second kappa shape index (κ2) is 5.52. The highest BCUT2D eigenvalue weighted by atomic mass is 35.5. The molecule has 0 amide bonds. The van der Waals surface area contributed by atoms with Crippen LogP contribution in [-0.4, -0.2) is 44.5 Å². The summed E-state index contributed by atoms with van der Waals surface area (Å²) in [4.78, 5) is 3.88. The average molecular weight is 291 g/mol. The third kappa shape index (κ3) is 2.66. The van der Waals surface area contributed by atoms with Gasteiger partial charge in [0.25, 0.3) is 0 Å².